The summed E-state index contributed by atoms with van der Waals surface area (Å²) in [5, 5.41) is 9.36. The summed E-state index contributed by atoms with van der Waals surface area (Å²) in [7, 11) is -1.66. The van der Waals surface area contributed by atoms with E-state index in [-0.39, 0.29) is 47.9 Å². The molecule has 0 aliphatic carbocycles. The minimum atomic E-state index is -4.54. The molecule has 152 valence electrons. The number of nitrogens with one attached hydrogen (secondary N) is 2. The number of sulfone groups is 1. The minimum Gasteiger partial charge on any atom is -0.357 e. The van der Waals surface area contributed by atoms with Crippen LogP contribution in [0, 0.1) is 0 Å². The summed E-state index contributed by atoms with van der Waals surface area (Å²) in [6.07, 6.45) is -1.74. The van der Waals surface area contributed by atoms with Crippen LogP contribution in [0.3, 0.4) is 0 Å². The second-order valence-corrected chi connectivity index (χ2v) is 8.09. The van der Waals surface area contributed by atoms with Gasteiger partial charge in [-0.25, -0.2) is 13.4 Å². The lowest BCUT2D eigenvalue weighted by Crippen LogP contribution is -2.42. The maximum Gasteiger partial charge on any atom is 0.435 e. The van der Waals surface area contributed by atoms with Gasteiger partial charge in [0.2, 0.25) is 0 Å². The smallest absolute Gasteiger partial charge is 0.357 e. The quantitative estimate of drug-likeness (QED) is 0.332. The number of hydrogen-bond acceptors (Lipinski definition) is 4. The zero-order chi connectivity index (χ0) is 19.3. The lowest BCUT2D eigenvalue weighted by Gasteiger charge is -2.17. The molecule has 0 aromatic carbocycles. The average Bonchev–Trinajstić information content (AvgIpc) is 2.83. The summed E-state index contributed by atoms with van der Waals surface area (Å²) in [4.78, 5) is 4.15. The standard InChI is InChI=1S/C14H24F3N5O2S.HI/c1-5-18-13(20-10(2)6-7-25(4,23)24)19-8-11-9-22(3)21-12(11)14(15,16)17;/h9-10H,5-8H2,1-4H3,(H2,18,19,20);1H. The van der Waals surface area contributed by atoms with E-state index in [1.807, 2.05) is 6.92 Å². The van der Waals surface area contributed by atoms with Crippen molar-refractivity contribution in [1.82, 2.24) is 20.4 Å². The molecule has 1 unspecified atom stereocenters. The van der Waals surface area contributed by atoms with Crippen LogP contribution in [0.15, 0.2) is 11.2 Å². The van der Waals surface area contributed by atoms with Crippen LogP contribution in [0.2, 0.25) is 0 Å². The van der Waals surface area contributed by atoms with Crippen LogP contribution in [-0.2, 0) is 29.6 Å². The Morgan fingerprint density at radius 2 is 2.04 bits per heavy atom. The molecule has 1 aromatic heterocycles. The molecular weight excluding hydrogens is 486 g/mol. The molecular formula is C14H25F3IN5O2S. The van der Waals surface area contributed by atoms with E-state index in [0.29, 0.717) is 18.9 Å². The van der Waals surface area contributed by atoms with E-state index in [1.54, 1.807) is 6.92 Å². The molecule has 0 spiro atoms. The van der Waals surface area contributed by atoms with Gasteiger partial charge in [-0.15, -0.1) is 24.0 Å². The predicted octanol–water partition coefficient (Wildman–Crippen LogP) is 1.94. The minimum absolute atomic E-state index is 0. The molecule has 7 nitrogen and oxygen atoms in total. The van der Waals surface area contributed by atoms with Crippen LogP contribution in [0.4, 0.5) is 13.2 Å². The van der Waals surface area contributed by atoms with Crippen LogP contribution in [0.25, 0.3) is 0 Å². The molecule has 0 saturated carbocycles. The Bertz CT molecular complexity index is 704. The Balaban J connectivity index is 0.00000625. The summed E-state index contributed by atoms with van der Waals surface area (Å²) in [6.45, 7) is 3.92. The van der Waals surface area contributed by atoms with Gasteiger partial charge in [-0.3, -0.25) is 4.68 Å². The SMILES string of the molecule is CCNC(=NCc1cn(C)nc1C(F)(F)F)NC(C)CCS(C)(=O)=O.I. The van der Waals surface area contributed by atoms with Gasteiger partial charge in [0.1, 0.15) is 9.84 Å². The van der Waals surface area contributed by atoms with Crippen molar-refractivity contribution in [2.24, 2.45) is 12.0 Å². The summed E-state index contributed by atoms with van der Waals surface area (Å²) in [6, 6.07) is -0.205. The number of rotatable bonds is 7. The van der Waals surface area contributed by atoms with E-state index in [9.17, 15) is 21.6 Å². The summed E-state index contributed by atoms with van der Waals surface area (Å²) in [5.74, 6) is 0.335. The third-order valence-electron chi connectivity index (χ3n) is 3.23. The fourth-order valence-corrected chi connectivity index (χ4v) is 2.85. The molecule has 1 aromatic rings. The monoisotopic (exact) mass is 511 g/mol. The van der Waals surface area contributed by atoms with Crippen LogP contribution in [0.1, 0.15) is 31.5 Å². The molecule has 0 fully saturated rings. The fourth-order valence-electron chi connectivity index (χ4n) is 2.07. The fraction of sp³-hybridized carbons (Fsp3) is 0.714. The molecule has 12 heteroatoms. The summed E-state index contributed by atoms with van der Waals surface area (Å²) in [5.41, 5.74) is -0.990. The first-order valence-corrected chi connectivity index (χ1v) is 9.80. The Kier molecular flexibility index (Phi) is 9.91. The number of guanidine groups is 1. The molecule has 26 heavy (non-hydrogen) atoms. The van der Waals surface area contributed by atoms with Crippen LogP contribution in [0.5, 0.6) is 0 Å². The number of halogens is 4. The highest BCUT2D eigenvalue weighted by Crippen LogP contribution is 2.30. The molecule has 0 aliphatic rings. The number of alkyl halides is 3. The maximum atomic E-state index is 12.9. The van der Waals surface area contributed by atoms with Crippen molar-refractivity contribution in [3.63, 3.8) is 0 Å². The van der Waals surface area contributed by atoms with E-state index in [4.69, 9.17) is 0 Å². The predicted molar refractivity (Wildman–Crippen MR) is 105 cm³/mol. The first-order valence-electron chi connectivity index (χ1n) is 7.74. The Hall–Kier alpha value is -1.05. The van der Waals surface area contributed by atoms with E-state index >= 15 is 0 Å². The van der Waals surface area contributed by atoms with E-state index in [2.05, 4.69) is 20.7 Å². The van der Waals surface area contributed by atoms with Gasteiger partial charge >= 0.3 is 6.18 Å². The van der Waals surface area contributed by atoms with Gasteiger partial charge in [-0.2, -0.15) is 18.3 Å². The number of aliphatic imine (C=N–C) groups is 1. The molecule has 1 rings (SSSR count). The Labute approximate surface area is 168 Å². The lowest BCUT2D eigenvalue weighted by molar-refractivity contribution is -0.142. The van der Waals surface area contributed by atoms with E-state index in [0.717, 1.165) is 10.9 Å². The molecule has 0 aliphatic heterocycles. The van der Waals surface area contributed by atoms with Gasteiger partial charge in [-0.05, 0) is 20.3 Å². The molecule has 0 radical (unpaired) electrons. The van der Waals surface area contributed by atoms with E-state index in [1.165, 1.54) is 13.2 Å². The van der Waals surface area contributed by atoms with Crippen LogP contribution >= 0.6 is 24.0 Å². The van der Waals surface area contributed by atoms with Gasteiger partial charge in [0, 0.05) is 37.7 Å². The van der Waals surface area contributed by atoms with Gasteiger partial charge in [-0.1, -0.05) is 0 Å². The van der Waals surface area contributed by atoms with Crippen molar-refractivity contribution < 1.29 is 21.6 Å². The van der Waals surface area contributed by atoms with Crippen LogP contribution in [-0.4, -0.2) is 48.8 Å². The zero-order valence-electron chi connectivity index (χ0n) is 15.1. The largest absolute Gasteiger partial charge is 0.435 e. The first-order chi connectivity index (χ1) is 11.4. The second kappa shape index (κ2) is 10.3. The molecule has 2 N–H and O–H groups in total. The normalized spacial score (nSPS) is 13.9. The van der Waals surface area contributed by atoms with E-state index < -0.39 is 21.7 Å². The van der Waals surface area contributed by atoms with Gasteiger partial charge < -0.3 is 10.6 Å². The number of aryl methyl sites for hydroxylation is 1. The van der Waals surface area contributed by atoms with Crippen molar-refractivity contribution in [2.45, 2.75) is 39.0 Å². The van der Waals surface area contributed by atoms with Crippen molar-refractivity contribution in [2.75, 3.05) is 18.6 Å². The molecule has 0 amide bonds. The summed E-state index contributed by atoms with van der Waals surface area (Å²) < 4.78 is 62.3. The molecule has 0 bridgehead atoms. The van der Waals surface area contributed by atoms with Crippen molar-refractivity contribution in [1.29, 1.82) is 0 Å². The van der Waals surface area contributed by atoms with Crippen molar-refractivity contribution in [3.05, 3.63) is 17.5 Å². The molecule has 0 saturated heterocycles. The van der Waals surface area contributed by atoms with Crippen molar-refractivity contribution >= 4 is 39.8 Å². The molecule has 1 atom stereocenters. The number of nitrogens with zero attached hydrogens (tertiary/aromatic N) is 3. The van der Waals surface area contributed by atoms with Gasteiger partial charge in [0.15, 0.2) is 11.7 Å². The number of hydrogen-bond donors (Lipinski definition) is 2. The van der Waals surface area contributed by atoms with Gasteiger partial charge in [0.05, 0.1) is 12.3 Å². The average molecular weight is 511 g/mol. The number of aromatic nitrogens is 2. The van der Waals surface area contributed by atoms with Gasteiger partial charge in [0.25, 0.3) is 0 Å². The summed E-state index contributed by atoms with van der Waals surface area (Å²) >= 11 is 0. The highest BCUT2D eigenvalue weighted by atomic mass is 127. The highest BCUT2D eigenvalue weighted by molar-refractivity contribution is 14.0. The van der Waals surface area contributed by atoms with Crippen molar-refractivity contribution in [3.8, 4) is 0 Å². The third kappa shape index (κ3) is 9.05. The zero-order valence-corrected chi connectivity index (χ0v) is 18.2. The molecule has 1 heterocycles. The highest BCUT2D eigenvalue weighted by Gasteiger charge is 2.36. The maximum absolute atomic E-state index is 12.9. The second-order valence-electron chi connectivity index (χ2n) is 5.83. The lowest BCUT2D eigenvalue weighted by atomic mass is 10.2. The Morgan fingerprint density at radius 3 is 2.54 bits per heavy atom. The third-order valence-corrected chi connectivity index (χ3v) is 4.21. The van der Waals surface area contributed by atoms with Crippen LogP contribution < -0.4 is 10.6 Å². The topological polar surface area (TPSA) is 88.4 Å². The first kappa shape index (κ1) is 24.9. The Morgan fingerprint density at radius 1 is 1.42 bits per heavy atom.